The first-order valence-electron chi connectivity index (χ1n) is 10.3. The largest absolute Gasteiger partial charge is 0.497 e. The number of sulfonamides is 1. The summed E-state index contributed by atoms with van der Waals surface area (Å²) in [6.07, 6.45) is 0. The third-order valence-electron chi connectivity index (χ3n) is 5.63. The second-order valence-corrected chi connectivity index (χ2v) is 9.65. The van der Waals surface area contributed by atoms with E-state index >= 15 is 0 Å². The minimum Gasteiger partial charge on any atom is -0.497 e. The summed E-state index contributed by atoms with van der Waals surface area (Å²) in [5, 5.41) is 0.229. The Hall–Kier alpha value is -3.27. The Kier molecular flexibility index (Phi) is 6.20. The number of anilines is 1. The van der Waals surface area contributed by atoms with Crippen LogP contribution in [-0.2, 0) is 20.4 Å². The molecule has 1 unspecified atom stereocenters. The van der Waals surface area contributed by atoms with Gasteiger partial charge in [-0.1, -0.05) is 29.8 Å². The van der Waals surface area contributed by atoms with E-state index in [0.29, 0.717) is 22.4 Å². The normalized spacial score (nSPS) is 17.4. The van der Waals surface area contributed by atoms with E-state index in [1.807, 2.05) is 6.92 Å². The van der Waals surface area contributed by atoms with E-state index in [1.54, 1.807) is 36.4 Å². The van der Waals surface area contributed by atoms with Crippen LogP contribution in [0.25, 0.3) is 0 Å². The molecule has 0 bridgehead atoms. The molecule has 1 aliphatic rings. The van der Waals surface area contributed by atoms with Crippen LogP contribution in [0.3, 0.4) is 0 Å². The van der Waals surface area contributed by atoms with Gasteiger partial charge in [0.2, 0.25) is 0 Å². The Labute approximate surface area is 202 Å². The molecule has 4 rings (SSSR count). The van der Waals surface area contributed by atoms with E-state index < -0.39 is 21.5 Å². The van der Waals surface area contributed by atoms with Crippen LogP contribution in [0.4, 0.5) is 5.69 Å². The molecule has 178 valence electrons. The van der Waals surface area contributed by atoms with Crippen LogP contribution < -0.4 is 24.2 Å². The van der Waals surface area contributed by atoms with Gasteiger partial charge in [-0.25, -0.2) is 12.7 Å². The van der Waals surface area contributed by atoms with Gasteiger partial charge >= 0.3 is 0 Å². The molecule has 34 heavy (non-hydrogen) atoms. The summed E-state index contributed by atoms with van der Waals surface area (Å²) < 4.78 is 44.5. The highest BCUT2D eigenvalue weighted by Gasteiger charge is 2.55. The number of amides is 1. The lowest BCUT2D eigenvalue weighted by molar-refractivity contribution is -0.120. The van der Waals surface area contributed by atoms with Crippen molar-refractivity contribution in [2.75, 3.05) is 25.1 Å². The number of carbonyl (C=O) groups is 1. The molecule has 8 nitrogen and oxygen atoms in total. The second-order valence-electron chi connectivity index (χ2n) is 7.49. The van der Waals surface area contributed by atoms with Crippen molar-refractivity contribution >= 4 is 33.2 Å². The lowest BCUT2D eigenvalue weighted by Crippen LogP contribution is -2.49. The molecule has 0 fully saturated rings. The highest BCUT2D eigenvalue weighted by atomic mass is 35.5. The number of hydrogen-bond donors (Lipinski definition) is 1. The van der Waals surface area contributed by atoms with E-state index in [0.717, 1.165) is 0 Å². The fraction of sp³-hybridized carbons (Fsp3) is 0.208. The van der Waals surface area contributed by atoms with Crippen LogP contribution in [0, 0.1) is 0 Å². The Morgan fingerprint density at radius 3 is 2.32 bits per heavy atom. The van der Waals surface area contributed by atoms with Gasteiger partial charge < -0.3 is 19.9 Å². The van der Waals surface area contributed by atoms with Gasteiger partial charge in [-0.2, -0.15) is 0 Å². The Bertz CT molecular complexity index is 1380. The maximum atomic E-state index is 13.9. The van der Waals surface area contributed by atoms with Crippen LogP contribution in [-0.4, -0.2) is 35.2 Å². The molecule has 10 heteroatoms. The molecule has 0 aromatic heterocycles. The van der Waals surface area contributed by atoms with Crippen LogP contribution in [0.2, 0.25) is 5.02 Å². The van der Waals surface area contributed by atoms with E-state index in [-0.39, 0.29) is 32.5 Å². The fourth-order valence-electron chi connectivity index (χ4n) is 4.02. The minimum atomic E-state index is -4.45. The lowest BCUT2D eigenvalue weighted by atomic mass is 9.85. The minimum absolute atomic E-state index is 0.0203. The molecule has 1 atom stereocenters. The lowest BCUT2D eigenvalue weighted by Gasteiger charge is -2.26. The monoisotopic (exact) mass is 502 g/mol. The van der Waals surface area contributed by atoms with Crippen molar-refractivity contribution in [3.8, 4) is 17.2 Å². The summed E-state index contributed by atoms with van der Waals surface area (Å²) in [5.74, 6) is -0.0132. The van der Waals surface area contributed by atoms with Crippen LogP contribution in [0.1, 0.15) is 18.1 Å². The molecular formula is C24H23ClN2O6S. The highest BCUT2D eigenvalue weighted by molar-refractivity contribution is 7.93. The van der Waals surface area contributed by atoms with Gasteiger partial charge in [0.05, 0.1) is 26.5 Å². The number of benzene rings is 3. The predicted octanol–water partition coefficient (Wildman–Crippen LogP) is 3.69. The van der Waals surface area contributed by atoms with E-state index in [4.69, 9.17) is 31.5 Å². The van der Waals surface area contributed by atoms with Gasteiger partial charge in [-0.05, 0) is 43.3 Å². The first-order chi connectivity index (χ1) is 16.2. The standard InChI is InChI=1S/C24H23ClN2O6S/c1-4-33-16-9-11-20-18(13-16)24(26,17-7-5-6-8-19(17)25)23(28)27(20)34(29,30)22-12-10-15(31-2)14-21(22)32-3/h5-14H,4,26H2,1-3H3. The Morgan fingerprint density at radius 2 is 1.68 bits per heavy atom. The summed E-state index contributed by atoms with van der Waals surface area (Å²) in [5.41, 5.74) is 5.50. The number of methoxy groups -OCH3 is 2. The fourth-order valence-corrected chi connectivity index (χ4v) is 5.91. The number of rotatable bonds is 7. The van der Waals surface area contributed by atoms with Crippen molar-refractivity contribution in [3.05, 3.63) is 76.8 Å². The summed E-state index contributed by atoms with van der Waals surface area (Å²) in [7, 11) is -1.66. The predicted molar refractivity (Wildman–Crippen MR) is 128 cm³/mol. The zero-order valence-electron chi connectivity index (χ0n) is 18.7. The number of carbonyl (C=O) groups excluding carboxylic acids is 1. The number of nitrogens with zero attached hydrogens (tertiary/aromatic N) is 1. The maximum absolute atomic E-state index is 13.9. The number of hydrogen-bond acceptors (Lipinski definition) is 7. The van der Waals surface area contributed by atoms with Crippen LogP contribution >= 0.6 is 11.6 Å². The van der Waals surface area contributed by atoms with Gasteiger partial charge in [0.25, 0.3) is 15.9 Å². The van der Waals surface area contributed by atoms with Crippen LogP contribution in [0.5, 0.6) is 17.2 Å². The number of halogens is 1. The number of ether oxygens (including phenoxy) is 3. The first-order valence-corrected chi connectivity index (χ1v) is 12.1. The average molecular weight is 503 g/mol. The van der Waals surface area contributed by atoms with Crippen molar-refractivity contribution in [1.82, 2.24) is 0 Å². The Morgan fingerprint density at radius 1 is 0.971 bits per heavy atom. The summed E-state index contributed by atoms with van der Waals surface area (Å²) in [4.78, 5) is 13.7. The SMILES string of the molecule is CCOc1ccc2c(c1)C(N)(c1ccccc1Cl)C(=O)N2S(=O)(=O)c1ccc(OC)cc1OC. The van der Waals surface area contributed by atoms with E-state index in [9.17, 15) is 13.2 Å². The molecule has 3 aromatic carbocycles. The zero-order valence-corrected chi connectivity index (χ0v) is 20.3. The maximum Gasteiger partial charge on any atom is 0.274 e. The van der Waals surface area contributed by atoms with Crippen molar-refractivity contribution in [2.45, 2.75) is 17.4 Å². The molecule has 0 saturated carbocycles. The third kappa shape index (κ3) is 3.56. The molecule has 0 saturated heterocycles. The molecule has 0 spiro atoms. The van der Waals surface area contributed by atoms with Gasteiger partial charge in [-0.15, -0.1) is 0 Å². The molecular weight excluding hydrogens is 480 g/mol. The highest BCUT2D eigenvalue weighted by Crippen LogP contribution is 2.48. The number of nitrogens with two attached hydrogens (primary N) is 1. The Balaban J connectivity index is 1.98. The summed E-state index contributed by atoms with van der Waals surface area (Å²) in [6.45, 7) is 2.19. The quantitative estimate of drug-likeness (QED) is 0.524. The molecule has 0 radical (unpaired) electrons. The van der Waals surface area contributed by atoms with Gasteiger partial charge in [0.15, 0.2) is 5.54 Å². The van der Waals surface area contributed by atoms with Crippen LogP contribution in [0.15, 0.2) is 65.6 Å². The summed E-state index contributed by atoms with van der Waals surface area (Å²) >= 11 is 6.42. The van der Waals surface area contributed by atoms with Gasteiger partial charge in [-0.3, -0.25) is 4.79 Å². The molecule has 1 amide bonds. The van der Waals surface area contributed by atoms with Gasteiger partial charge in [0.1, 0.15) is 22.1 Å². The van der Waals surface area contributed by atoms with Crippen molar-refractivity contribution in [1.29, 1.82) is 0 Å². The molecule has 1 heterocycles. The smallest absolute Gasteiger partial charge is 0.274 e. The van der Waals surface area contributed by atoms with Crippen molar-refractivity contribution in [2.24, 2.45) is 5.73 Å². The topological polar surface area (TPSA) is 108 Å². The molecule has 2 N–H and O–H groups in total. The van der Waals surface area contributed by atoms with E-state index in [2.05, 4.69) is 0 Å². The first kappa shape index (κ1) is 23.9. The number of fused-ring (bicyclic) bond motifs is 1. The molecule has 1 aliphatic heterocycles. The molecule has 0 aliphatic carbocycles. The third-order valence-corrected chi connectivity index (χ3v) is 7.70. The second kappa shape index (κ2) is 8.83. The zero-order chi connectivity index (χ0) is 24.7. The molecule has 3 aromatic rings. The van der Waals surface area contributed by atoms with Crippen molar-refractivity contribution in [3.63, 3.8) is 0 Å². The van der Waals surface area contributed by atoms with Crippen molar-refractivity contribution < 1.29 is 27.4 Å². The summed E-state index contributed by atoms with van der Waals surface area (Å²) in [6, 6.07) is 15.4. The average Bonchev–Trinajstić information content (AvgIpc) is 3.06. The van der Waals surface area contributed by atoms with Gasteiger partial charge in [0, 0.05) is 22.2 Å². The van der Waals surface area contributed by atoms with E-state index in [1.165, 1.54) is 38.5 Å².